The molecule has 0 aliphatic carbocycles. The van der Waals surface area contributed by atoms with Crippen LogP contribution in [0, 0.1) is 0 Å². The van der Waals surface area contributed by atoms with Crippen LogP contribution >= 0.6 is 0 Å². The van der Waals surface area contributed by atoms with Crippen molar-refractivity contribution in [2.24, 2.45) is 0 Å². The summed E-state index contributed by atoms with van der Waals surface area (Å²) in [6.45, 7) is 3.49. The molecule has 5 heteroatoms. The molecule has 1 aromatic rings. The summed E-state index contributed by atoms with van der Waals surface area (Å²) >= 11 is 0. The Morgan fingerprint density at radius 3 is 3.19 bits per heavy atom. The summed E-state index contributed by atoms with van der Waals surface area (Å²) in [6.07, 6.45) is 1.72. The van der Waals surface area contributed by atoms with Gasteiger partial charge in [0.15, 0.2) is 0 Å². The Balaban J connectivity index is 1.71. The molecule has 0 spiro atoms. The van der Waals surface area contributed by atoms with E-state index in [0.29, 0.717) is 19.8 Å². The first-order valence-electron chi connectivity index (χ1n) is 7.47. The van der Waals surface area contributed by atoms with E-state index in [4.69, 9.17) is 9.47 Å². The van der Waals surface area contributed by atoms with Gasteiger partial charge in [0.05, 0.1) is 6.61 Å². The van der Waals surface area contributed by atoms with E-state index in [1.165, 1.54) is 11.1 Å². The fourth-order valence-electron chi connectivity index (χ4n) is 3.04. The number of rotatable bonds is 4. The quantitative estimate of drug-likeness (QED) is 0.864. The van der Waals surface area contributed by atoms with E-state index in [9.17, 15) is 4.79 Å². The molecular weight excluding hydrogens is 268 g/mol. The Hall–Kier alpha value is -1.43. The lowest BCUT2D eigenvalue weighted by atomic mass is 9.95. The second kappa shape index (κ2) is 6.13. The second-order valence-corrected chi connectivity index (χ2v) is 5.74. The van der Waals surface area contributed by atoms with Crippen molar-refractivity contribution in [3.05, 3.63) is 34.9 Å². The Morgan fingerprint density at radius 1 is 1.52 bits per heavy atom. The van der Waals surface area contributed by atoms with Crippen LogP contribution in [0.15, 0.2) is 18.2 Å². The van der Waals surface area contributed by atoms with Gasteiger partial charge in [0.1, 0.15) is 5.60 Å². The zero-order chi connectivity index (χ0) is 14.7. The Bertz CT molecular complexity index is 524. The van der Waals surface area contributed by atoms with Crippen LogP contribution in [0.1, 0.15) is 27.9 Å². The minimum absolute atomic E-state index is 0.0166. The topological polar surface area (TPSA) is 59.6 Å². The minimum Gasteiger partial charge on any atom is -0.378 e. The summed E-state index contributed by atoms with van der Waals surface area (Å²) in [5.41, 5.74) is 2.81. The van der Waals surface area contributed by atoms with Crippen LogP contribution in [0.4, 0.5) is 0 Å². The summed E-state index contributed by atoms with van der Waals surface area (Å²) in [6, 6.07) is 5.94. The Morgan fingerprint density at radius 2 is 2.43 bits per heavy atom. The highest BCUT2D eigenvalue weighted by molar-refractivity contribution is 5.96. The summed E-state index contributed by atoms with van der Waals surface area (Å²) < 4.78 is 10.9. The SMILES string of the molecule is COC1(CNC(=O)c2cccc3c2CCNC3)CCOC1. The first kappa shape index (κ1) is 14.5. The van der Waals surface area contributed by atoms with E-state index in [-0.39, 0.29) is 11.5 Å². The largest absolute Gasteiger partial charge is 0.378 e. The van der Waals surface area contributed by atoms with Crippen LogP contribution in [0.3, 0.4) is 0 Å². The van der Waals surface area contributed by atoms with Crippen molar-refractivity contribution in [1.82, 2.24) is 10.6 Å². The lowest BCUT2D eigenvalue weighted by molar-refractivity contribution is -0.0148. The maximum Gasteiger partial charge on any atom is 0.251 e. The van der Waals surface area contributed by atoms with E-state index in [1.54, 1.807) is 7.11 Å². The number of hydrogen-bond donors (Lipinski definition) is 2. The normalized spacial score (nSPS) is 24.6. The molecule has 2 aliphatic rings. The van der Waals surface area contributed by atoms with Crippen LogP contribution < -0.4 is 10.6 Å². The molecular formula is C16H22N2O3. The third-order valence-electron chi connectivity index (χ3n) is 4.46. The number of carbonyl (C=O) groups excluding carboxylic acids is 1. The summed E-state index contributed by atoms with van der Waals surface area (Å²) in [5.74, 6) is -0.0166. The van der Waals surface area contributed by atoms with E-state index in [0.717, 1.165) is 31.5 Å². The van der Waals surface area contributed by atoms with Gasteiger partial charge in [-0.15, -0.1) is 0 Å². The van der Waals surface area contributed by atoms with Gasteiger partial charge >= 0.3 is 0 Å². The number of amides is 1. The molecule has 0 aromatic heterocycles. The van der Waals surface area contributed by atoms with Gasteiger partial charge in [0.25, 0.3) is 5.91 Å². The monoisotopic (exact) mass is 290 g/mol. The molecule has 0 bridgehead atoms. The molecule has 1 fully saturated rings. The van der Waals surface area contributed by atoms with Crippen molar-refractivity contribution >= 4 is 5.91 Å². The number of ether oxygens (including phenoxy) is 2. The van der Waals surface area contributed by atoms with E-state index < -0.39 is 0 Å². The second-order valence-electron chi connectivity index (χ2n) is 5.74. The Kier molecular flexibility index (Phi) is 4.24. The molecule has 1 unspecified atom stereocenters. The highest BCUT2D eigenvalue weighted by Gasteiger charge is 2.35. The highest BCUT2D eigenvalue weighted by Crippen LogP contribution is 2.22. The zero-order valence-electron chi connectivity index (χ0n) is 12.4. The van der Waals surface area contributed by atoms with Crippen LogP contribution in [0.25, 0.3) is 0 Å². The number of benzene rings is 1. The summed E-state index contributed by atoms with van der Waals surface area (Å²) in [7, 11) is 1.68. The van der Waals surface area contributed by atoms with Crippen molar-refractivity contribution in [3.63, 3.8) is 0 Å². The smallest absolute Gasteiger partial charge is 0.251 e. The number of methoxy groups -OCH3 is 1. The number of carbonyl (C=O) groups is 1. The number of fused-ring (bicyclic) bond motifs is 1. The van der Waals surface area contributed by atoms with E-state index in [1.807, 2.05) is 12.1 Å². The zero-order valence-corrected chi connectivity index (χ0v) is 12.4. The molecule has 5 nitrogen and oxygen atoms in total. The maximum absolute atomic E-state index is 12.5. The van der Waals surface area contributed by atoms with Crippen LogP contribution in [0.5, 0.6) is 0 Å². The molecule has 2 aliphatic heterocycles. The van der Waals surface area contributed by atoms with E-state index in [2.05, 4.69) is 16.7 Å². The van der Waals surface area contributed by atoms with Gasteiger partial charge in [0, 0.05) is 38.8 Å². The number of hydrogen-bond acceptors (Lipinski definition) is 4. The van der Waals surface area contributed by atoms with Gasteiger partial charge in [-0.1, -0.05) is 12.1 Å². The molecule has 114 valence electrons. The highest BCUT2D eigenvalue weighted by atomic mass is 16.5. The van der Waals surface area contributed by atoms with Crippen LogP contribution in [-0.2, 0) is 22.4 Å². The van der Waals surface area contributed by atoms with Gasteiger partial charge < -0.3 is 20.1 Å². The van der Waals surface area contributed by atoms with Gasteiger partial charge in [0.2, 0.25) is 0 Å². The predicted molar refractivity (Wildman–Crippen MR) is 79.4 cm³/mol. The first-order valence-corrected chi connectivity index (χ1v) is 7.47. The Labute approximate surface area is 125 Å². The van der Waals surface area contributed by atoms with Crippen LogP contribution in [0.2, 0.25) is 0 Å². The molecule has 2 N–H and O–H groups in total. The average molecular weight is 290 g/mol. The lowest BCUT2D eigenvalue weighted by Gasteiger charge is -2.26. The number of nitrogens with one attached hydrogen (secondary N) is 2. The molecule has 3 rings (SSSR count). The van der Waals surface area contributed by atoms with Crippen molar-refractivity contribution < 1.29 is 14.3 Å². The standard InChI is InChI=1S/C16H22N2O3/c1-20-16(6-8-21-11-16)10-18-15(19)14-4-2-3-12-9-17-7-5-13(12)14/h2-4,17H,5-11H2,1H3,(H,18,19). The van der Waals surface area contributed by atoms with Gasteiger partial charge in [-0.05, 0) is 30.2 Å². The fourth-order valence-corrected chi connectivity index (χ4v) is 3.04. The van der Waals surface area contributed by atoms with Gasteiger partial charge in [-0.2, -0.15) is 0 Å². The molecule has 1 aromatic carbocycles. The van der Waals surface area contributed by atoms with Crippen LogP contribution in [-0.4, -0.2) is 44.9 Å². The summed E-state index contributed by atoms with van der Waals surface area (Å²) in [4.78, 5) is 12.5. The first-order chi connectivity index (χ1) is 10.2. The van der Waals surface area contributed by atoms with Crippen molar-refractivity contribution in [2.75, 3.05) is 33.4 Å². The fraction of sp³-hybridized carbons (Fsp3) is 0.562. The minimum atomic E-state index is -0.369. The van der Waals surface area contributed by atoms with E-state index >= 15 is 0 Å². The van der Waals surface area contributed by atoms with Crippen molar-refractivity contribution in [2.45, 2.75) is 25.0 Å². The third-order valence-corrected chi connectivity index (χ3v) is 4.46. The van der Waals surface area contributed by atoms with Crippen molar-refractivity contribution in [1.29, 1.82) is 0 Å². The van der Waals surface area contributed by atoms with Crippen molar-refractivity contribution in [3.8, 4) is 0 Å². The molecule has 1 atom stereocenters. The van der Waals surface area contributed by atoms with Gasteiger partial charge in [-0.3, -0.25) is 4.79 Å². The maximum atomic E-state index is 12.5. The average Bonchev–Trinajstić information content (AvgIpc) is 3.01. The molecule has 0 saturated carbocycles. The molecule has 1 saturated heterocycles. The molecule has 1 amide bonds. The molecule has 21 heavy (non-hydrogen) atoms. The molecule has 2 heterocycles. The van der Waals surface area contributed by atoms with Gasteiger partial charge in [-0.25, -0.2) is 0 Å². The summed E-state index contributed by atoms with van der Waals surface area (Å²) in [5, 5.41) is 6.35. The lowest BCUT2D eigenvalue weighted by Crippen LogP contribution is -2.45. The predicted octanol–water partition coefficient (Wildman–Crippen LogP) is 0.868. The molecule has 0 radical (unpaired) electrons. The third kappa shape index (κ3) is 2.95.